The Balaban J connectivity index is 1.85. The first kappa shape index (κ1) is 13.9. The molecule has 1 aromatic rings. The lowest BCUT2D eigenvalue weighted by molar-refractivity contribution is 0.118. The van der Waals surface area contributed by atoms with Crippen LogP contribution in [0.25, 0.3) is 0 Å². The lowest BCUT2D eigenvalue weighted by Crippen LogP contribution is -2.38. The summed E-state index contributed by atoms with van der Waals surface area (Å²) in [5.74, 6) is 0.744. The molecule has 0 aliphatic heterocycles. The molecule has 1 aromatic carbocycles. The highest BCUT2D eigenvalue weighted by Gasteiger charge is 2.33. The fourth-order valence-corrected chi connectivity index (χ4v) is 4.15. The van der Waals surface area contributed by atoms with Gasteiger partial charge in [-0.25, -0.2) is 0 Å². The molecule has 2 aliphatic rings. The van der Waals surface area contributed by atoms with Crippen LogP contribution in [0.2, 0.25) is 0 Å². The van der Waals surface area contributed by atoms with Crippen molar-refractivity contribution in [2.75, 3.05) is 12.3 Å². The second-order valence-corrected chi connectivity index (χ2v) is 7.04. The van der Waals surface area contributed by atoms with Crippen LogP contribution in [-0.2, 0) is 6.42 Å². The van der Waals surface area contributed by atoms with Crippen LogP contribution in [-0.4, -0.2) is 17.5 Å². The van der Waals surface area contributed by atoms with E-state index in [9.17, 15) is 0 Å². The SMILES string of the molecule is CC(C)CN(C1CCCC1)C1CCc2cc(N)ccc21. The van der Waals surface area contributed by atoms with Crippen LogP contribution in [0.4, 0.5) is 5.69 Å². The minimum Gasteiger partial charge on any atom is -0.399 e. The number of hydrogen-bond acceptors (Lipinski definition) is 2. The summed E-state index contributed by atoms with van der Waals surface area (Å²) >= 11 is 0. The largest absolute Gasteiger partial charge is 0.399 e. The van der Waals surface area contributed by atoms with E-state index in [2.05, 4.69) is 36.9 Å². The van der Waals surface area contributed by atoms with Gasteiger partial charge in [0.05, 0.1) is 0 Å². The fourth-order valence-electron chi connectivity index (χ4n) is 4.15. The number of nitrogen functional groups attached to an aromatic ring is 1. The number of hydrogen-bond donors (Lipinski definition) is 1. The molecule has 0 radical (unpaired) electrons. The zero-order valence-electron chi connectivity index (χ0n) is 12.9. The van der Waals surface area contributed by atoms with Gasteiger partial charge >= 0.3 is 0 Å². The van der Waals surface area contributed by atoms with E-state index >= 15 is 0 Å². The molecule has 0 amide bonds. The quantitative estimate of drug-likeness (QED) is 0.834. The Morgan fingerprint density at radius 3 is 2.65 bits per heavy atom. The molecule has 2 aliphatic carbocycles. The van der Waals surface area contributed by atoms with Gasteiger partial charge in [0, 0.05) is 24.3 Å². The van der Waals surface area contributed by atoms with Crippen molar-refractivity contribution in [1.82, 2.24) is 4.90 Å². The zero-order valence-corrected chi connectivity index (χ0v) is 12.9. The van der Waals surface area contributed by atoms with Crippen LogP contribution >= 0.6 is 0 Å². The molecule has 2 nitrogen and oxygen atoms in total. The Hall–Kier alpha value is -1.02. The van der Waals surface area contributed by atoms with Gasteiger partial charge in [-0.15, -0.1) is 0 Å². The van der Waals surface area contributed by atoms with E-state index in [1.54, 1.807) is 5.56 Å². The molecule has 20 heavy (non-hydrogen) atoms. The number of aryl methyl sites for hydroxylation is 1. The maximum absolute atomic E-state index is 5.94. The van der Waals surface area contributed by atoms with Crippen LogP contribution in [0.3, 0.4) is 0 Å². The lowest BCUT2D eigenvalue weighted by atomic mass is 10.0. The summed E-state index contributed by atoms with van der Waals surface area (Å²) in [6, 6.07) is 8.00. The summed E-state index contributed by atoms with van der Waals surface area (Å²) in [6.45, 7) is 5.93. The summed E-state index contributed by atoms with van der Waals surface area (Å²) in [6.07, 6.45) is 8.11. The first-order valence-corrected chi connectivity index (χ1v) is 8.29. The molecule has 2 N–H and O–H groups in total. The van der Waals surface area contributed by atoms with Gasteiger partial charge in [0.25, 0.3) is 0 Å². The fraction of sp³-hybridized carbons (Fsp3) is 0.667. The summed E-state index contributed by atoms with van der Waals surface area (Å²) in [5.41, 5.74) is 9.89. The molecule has 0 heterocycles. The highest BCUT2D eigenvalue weighted by molar-refractivity contribution is 5.47. The van der Waals surface area contributed by atoms with Crippen LogP contribution in [0.15, 0.2) is 18.2 Å². The number of nitrogens with zero attached hydrogens (tertiary/aromatic N) is 1. The highest BCUT2D eigenvalue weighted by atomic mass is 15.2. The van der Waals surface area contributed by atoms with E-state index in [4.69, 9.17) is 5.73 Å². The van der Waals surface area contributed by atoms with E-state index in [1.807, 2.05) is 0 Å². The number of anilines is 1. The third-order valence-electron chi connectivity index (χ3n) is 4.98. The summed E-state index contributed by atoms with van der Waals surface area (Å²) in [5, 5.41) is 0. The van der Waals surface area contributed by atoms with Crippen molar-refractivity contribution in [3.63, 3.8) is 0 Å². The van der Waals surface area contributed by atoms with Gasteiger partial charge in [0.15, 0.2) is 0 Å². The molecule has 0 aromatic heterocycles. The van der Waals surface area contributed by atoms with Gasteiger partial charge in [-0.05, 0) is 54.9 Å². The van der Waals surface area contributed by atoms with Crippen LogP contribution < -0.4 is 5.73 Å². The number of fused-ring (bicyclic) bond motifs is 1. The van der Waals surface area contributed by atoms with Crippen LogP contribution in [0.5, 0.6) is 0 Å². The maximum Gasteiger partial charge on any atom is 0.0357 e. The molecular weight excluding hydrogens is 244 g/mol. The van der Waals surface area contributed by atoms with Gasteiger partial charge in [0.1, 0.15) is 0 Å². The highest BCUT2D eigenvalue weighted by Crippen LogP contribution is 2.40. The van der Waals surface area contributed by atoms with Gasteiger partial charge in [-0.3, -0.25) is 4.90 Å². The Labute approximate surface area is 123 Å². The molecule has 2 heteroatoms. The third-order valence-corrected chi connectivity index (χ3v) is 4.98. The van der Waals surface area contributed by atoms with Gasteiger partial charge in [-0.2, -0.15) is 0 Å². The topological polar surface area (TPSA) is 29.3 Å². The number of rotatable bonds is 4. The Morgan fingerprint density at radius 1 is 1.20 bits per heavy atom. The number of nitrogens with two attached hydrogens (primary N) is 1. The molecular formula is C18H28N2. The van der Waals surface area contributed by atoms with Crippen molar-refractivity contribution in [2.24, 2.45) is 5.92 Å². The minimum absolute atomic E-state index is 0.635. The van der Waals surface area contributed by atoms with E-state index < -0.39 is 0 Å². The molecule has 0 saturated heterocycles. The van der Waals surface area contributed by atoms with Crippen molar-refractivity contribution < 1.29 is 0 Å². The average molecular weight is 272 g/mol. The predicted molar refractivity (Wildman–Crippen MR) is 85.7 cm³/mol. The van der Waals surface area contributed by atoms with Crippen molar-refractivity contribution in [3.8, 4) is 0 Å². The second-order valence-electron chi connectivity index (χ2n) is 7.04. The Bertz CT molecular complexity index is 460. The number of benzene rings is 1. The monoisotopic (exact) mass is 272 g/mol. The normalized spacial score (nSPS) is 22.9. The third kappa shape index (κ3) is 2.71. The van der Waals surface area contributed by atoms with Gasteiger partial charge in [0.2, 0.25) is 0 Å². The molecule has 1 atom stereocenters. The smallest absolute Gasteiger partial charge is 0.0357 e. The van der Waals surface area contributed by atoms with E-state index in [-0.39, 0.29) is 0 Å². The zero-order chi connectivity index (χ0) is 14.1. The summed E-state index contributed by atoms with van der Waals surface area (Å²) in [4.78, 5) is 2.82. The van der Waals surface area contributed by atoms with Crippen LogP contribution in [0.1, 0.15) is 63.1 Å². The second kappa shape index (κ2) is 5.77. The minimum atomic E-state index is 0.635. The Kier molecular flexibility index (Phi) is 4.02. The van der Waals surface area contributed by atoms with E-state index in [1.165, 1.54) is 50.6 Å². The predicted octanol–water partition coefficient (Wildman–Crippen LogP) is 4.16. The lowest BCUT2D eigenvalue weighted by Gasteiger charge is -2.36. The molecule has 0 spiro atoms. The molecule has 3 rings (SSSR count). The maximum atomic E-state index is 5.94. The summed E-state index contributed by atoms with van der Waals surface area (Å²) in [7, 11) is 0. The standard InChI is InChI=1S/C18H28N2/c1-13(2)12-20(16-5-3-4-6-16)18-10-7-14-11-15(19)8-9-17(14)18/h8-9,11,13,16,18H,3-7,10,12,19H2,1-2H3. The van der Waals surface area contributed by atoms with Gasteiger partial charge < -0.3 is 5.73 Å². The van der Waals surface area contributed by atoms with Crippen LogP contribution in [0, 0.1) is 5.92 Å². The molecule has 1 fully saturated rings. The van der Waals surface area contributed by atoms with Crippen molar-refractivity contribution in [3.05, 3.63) is 29.3 Å². The van der Waals surface area contributed by atoms with Gasteiger partial charge in [-0.1, -0.05) is 32.8 Å². The van der Waals surface area contributed by atoms with Crippen molar-refractivity contribution in [2.45, 2.75) is 64.5 Å². The summed E-state index contributed by atoms with van der Waals surface area (Å²) < 4.78 is 0. The van der Waals surface area contributed by atoms with Crippen molar-refractivity contribution >= 4 is 5.69 Å². The molecule has 0 bridgehead atoms. The average Bonchev–Trinajstić information content (AvgIpc) is 3.04. The first-order valence-electron chi connectivity index (χ1n) is 8.29. The van der Waals surface area contributed by atoms with E-state index in [0.717, 1.165) is 17.6 Å². The molecule has 1 unspecified atom stereocenters. The van der Waals surface area contributed by atoms with Crippen molar-refractivity contribution in [1.29, 1.82) is 0 Å². The molecule has 110 valence electrons. The van der Waals surface area contributed by atoms with E-state index in [0.29, 0.717) is 6.04 Å². The molecule has 1 saturated carbocycles. The first-order chi connectivity index (χ1) is 9.65. The Morgan fingerprint density at radius 2 is 1.95 bits per heavy atom.